The van der Waals surface area contributed by atoms with Crippen LogP contribution in [0.25, 0.3) is 0 Å². The zero-order valence-corrected chi connectivity index (χ0v) is 12.5. The minimum Gasteiger partial charge on any atom is -0.482 e. The lowest BCUT2D eigenvalue weighted by Crippen LogP contribution is -2.40. The van der Waals surface area contributed by atoms with Crippen molar-refractivity contribution < 1.29 is 24.2 Å². The van der Waals surface area contributed by atoms with Gasteiger partial charge in [-0.1, -0.05) is 12.1 Å². The molecule has 2 amide bonds. The van der Waals surface area contributed by atoms with Crippen LogP contribution in [0.15, 0.2) is 24.3 Å². The minimum absolute atomic E-state index is 0.0196. The highest BCUT2D eigenvalue weighted by atomic mass is 16.5. The number of nitrogens with zero attached hydrogens (tertiary/aromatic N) is 1. The van der Waals surface area contributed by atoms with E-state index in [1.54, 1.807) is 4.90 Å². The fourth-order valence-electron chi connectivity index (χ4n) is 2.74. The second-order valence-electron chi connectivity index (χ2n) is 5.73. The van der Waals surface area contributed by atoms with E-state index in [4.69, 9.17) is 9.84 Å². The second kappa shape index (κ2) is 6.28. The van der Waals surface area contributed by atoms with Crippen molar-refractivity contribution >= 4 is 23.5 Å². The number of hydrogen-bond acceptors (Lipinski definition) is 4. The van der Waals surface area contributed by atoms with Crippen LogP contribution >= 0.6 is 0 Å². The molecule has 7 nitrogen and oxygen atoms in total. The molecule has 1 aromatic carbocycles. The molecular formula is C16H18N2O5. The quantitative estimate of drug-likeness (QED) is 0.750. The van der Waals surface area contributed by atoms with Crippen LogP contribution in [-0.4, -0.2) is 42.6 Å². The summed E-state index contributed by atoms with van der Waals surface area (Å²) in [5, 5.41) is 11.5. The van der Waals surface area contributed by atoms with Crippen molar-refractivity contribution in [2.75, 3.05) is 24.6 Å². The van der Waals surface area contributed by atoms with Crippen molar-refractivity contribution in [3.05, 3.63) is 24.3 Å². The Balaban J connectivity index is 1.47. The molecule has 0 saturated heterocycles. The topological polar surface area (TPSA) is 95.9 Å². The molecule has 1 fully saturated rings. The third kappa shape index (κ3) is 3.28. The highest BCUT2D eigenvalue weighted by Crippen LogP contribution is 2.38. The van der Waals surface area contributed by atoms with Crippen LogP contribution in [0, 0.1) is 11.8 Å². The number of hydrogen-bond donors (Lipinski definition) is 2. The van der Waals surface area contributed by atoms with Crippen molar-refractivity contribution in [2.24, 2.45) is 11.8 Å². The number of amides is 2. The zero-order chi connectivity index (χ0) is 16.4. The van der Waals surface area contributed by atoms with E-state index < -0.39 is 17.8 Å². The highest BCUT2D eigenvalue weighted by molar-refractivity contribution is 5.97. The molecule has 0 aromatic heterocycles. The number of benzene rings is 1. The SMILES string of the molecule is O=C(NCCCN1C(=O)COc2ccccc21)[C@H]1C[C@H]1C(=O)O. The fourth-order valence-corrected chi connectivity index (χ4v) is 2.74. The molecule has 1 aliphatic heterocycles. The largest absolute Gasteiger partial charge is 0.482 e. The fraction of sp³-hybridized carbons (Fsp3) is 0.438. The molecule has 0 radical (unpaired) electrons. The van der Waals surface area contributed by atoms with Crippen LogP contribution in [0.3, 0.4) is 0 Å². The Morgan fingerprint density at radius 3 is 2.83 bits per heavy atom. The van der Waals surface area contributed by atoms with E-state index >= 15 is 0 Å². The molecule has 2 N–H and O–H groups in total. The summed E-state index contributed by atoms with van der Waals surface area (Å²) in [6.45, 7) is 0.909. The van der Waals surface area contributed by atoms with E-state index in [1.807, 2.05) is 24.3 Å². The number of para-hydroxylation sites is 2. The van der Waals surface area contributed by atoms with Gasteiger partial charge in [-0.3, -0.25) is 14.4 Å². The maximum atomic E-state index is 12.0. The number of fused-ring (bicyclic) bond motifs is 1. The summed E-state index contributed by atoms with van der Waals surface area (Å²) in [6, 6.07) is 7.33. The lowest BCUT2D eigenvalue weighted by atomic mass is 10.2. The number of carbonyl (C=O) groups is 3. The van der Waals surface area contributed by atoms with E-state index in [2.05, 4.69) is 5.32 Å². The molecule has 122 valence electrons. The van der Waals surface area contributed by atoms with Gasteiger partial charge in [-0.2, -0.15) is 0 Å². The smallest absolute Gasteiger partial charge is 0.307 e. The Morgan fingerprint density at radius 1 is 1.30 bits per heavy atom. The molecular weight excluding hydrogens is 300 g/mol. The Morgan fingerprint density at radius 2 is 2.09 bits per heavy atom. The minimum atomic E-state index is -0.916. The van der Waals surface area contributed by atoms with Crippen molar-refractivity contribution in [1.29, 1.82) is 0 Å². The van der Waals surface area contributed by atoms with Gasteiger partial charge in [0.15, 0.2) is 6.61 Å². The number of carboxylic acids is 1. The third-order valence-electron chi connectivity index (χ3n) is 4.11. The van der Waals surface area contributed by atoms with Crippen LogP contribution < -0.4 is 15.0 Å². The van der Waals surface area contributed by atoms with Gasteiger partial charge in [0.2, 0.25) is 5.91 Å². The summed E-state index contributed by atoms with van der Waals surface area (Å²) >= 11 is 0. The van der Waals surface area contributed by atoms with Gasteiger partial charge < -0.3 is 20.1 Å². The molecule has 1 aliphatic carbocycles. The summed E-state index contributed by atoms with van der Waals surface area (Å²) in [6.07, 6.45) is 1.01. The molecule has 3 rings (SSSR count). The van der Waals surface area contributed by atoms with Crippen molar-refractivity contribution in [2.45, 2.75) is 12.8 Å². The maximum absolute atomic E-state index is 12.0. The van der Waals surface area contributed by atoms with Crippen LogP contribution in [0.5, 0.6) is 5.75 Å². The number of anilines is 1. The average molecular weight is 318 g/mol. The van der Waals surface area contributed by atoms with Crippen LogP contribution in [0.4, 0.5) is 5.69 Å². The Hall–Kier alpha value is -2.57. The first-order valence-electron chi connectivity index (χ1n) is 7.60. The number of nitrogens with one attached hydrogen (secondary N) is 1. The van der Waals surface area contributed by atoms with Crippen molar-refractivity contribution in [3.8, 4) is 5.75 Å². The Bertz CT molecular complexity index is 645. The number of carboxylic acid groups (broad SMARTS) is 1. The van der Waals surface area contributed by atoms with E-state index in [0.717, 1.165) is 5.69 Å². The Labute approximate surface area is 133 Å². The normalized spacial score (nSPS) is 22.1. The van der Waals surface area contributed by atoms with E-state index in [0.29, 0.717) is 31.7 Å². The van der Waals surface area contributed by atoms with Crippen LogP contribution in [0.2, 0.25) is 0 Å². The predicted octanol–water partition coefficient (Wildman–Crippen LogP) is 0.639. The molecule has 2 aliphatic rings. The van der Waals surface area contributed by atoms with Gasteiger partial charge in [-0.25, -0.2) is 0 Å². The number of aliphatic carboxylic acids is 1. The molecule has 2 atom stereocenters. The third-order valence-corrected chi connectivity index (χ3v) is 4.11. The lowest BCUT2D eigenvalue weighted by Gasteiger charge is -2.29. The van der Waals surface area contributed by atoms with Gasteiger partial charge in [0, 0.05) is 13.1 Å². The van der Waals surface area contributed by atoms with Crippen LogP contribution in [-0.2, 0) is 14.4 Å². The zero-order valence-electron chi connectivity index (χ0n) is 12.5. The summed E-state index contributed by atoms with van der Waals surface area (Å²) in [7, 11) is 0. The molecule has 0 unspecified atom stereocenters. The molecule has 0 bridgehead atoms. The molecule has 1 saturated carbocycles. The number of carbonyl (C=O) groups excluding carboxylic acids is 2. The van der Waals surface area contributed by atoms with Gasteiger partial charge >= 0.3 is 5.97 Å². The molecule has 1 aromatic rings. The highest BCUT2D eigenvalue weighted by Gasteiger charge is 2.48. The monoisotopic (exact) mass is 318 g/mol. The van der Waals surface area contributed by atoms with E-state index in [9.17, 15) is 14.4 Å². The molecule has 7 heteroatoms. The molecule has 23 heavy (non-hydrogen) atoms. The average Bonchev–Trinajstić information content (AvgIpc) is 3.34. The van der Waals surface area contributed by atoms with Crippen molar-refractivity contribution in [3.63, 3.8) is 0 Å². The molecule has 0 spiro atoms. The van der Waals surface area contributed by atoms with Gasteiger partial charge in [-0.15, -0.1) is 0 Å². The summed E-state index contributed by atoms with van der Waals surface area (Å²) in [5.74, 6) is -1.51. The van der Waals surface area contributed by atoms with E-state index in [-0.39, 0.29) is 18.4 Å². The summed E-state index contributed by atoms with van der Waals surface area (Å²) < 4.78 is 5.37. The Kier molecular flexibility index (Phi) is 4.18. The number of ether oxygens (including phenoxy) is 1. The van der Waals surface area contributed by atoms with Crippen LogP contribution in [0.1, 0.15) is 12.8 Å². The summed E-state index contributed by atoms with van der Waals surface area (Å²) in [4.78, 5) is 36.1. The molecule has 1 heterocycles. The first kappa shape index (κ1) is 15.3. The van der Waals surface area contributed by atoms with Gasteiger partial charge in [-0.05, 0) is 25.0 Å². The van der Waals surface area contributed by atoms with Crippen molar-refractivity contribution in [1.82, 2.24) is 5.32 Å². The van der Waals surface area contributed by atoms with Gasteiger partial charge in [0.05, 0.1) is 17.5 Å². The first-order valence-corrected chi connectivity index (χ1v) is 7.60. The van der Waals surface area contributed by atoms with E-state index in [1.165, 1.54) is 0 Å². The van der Waals surface area contributed by atoms with Gasteiger partial charge in [0.25, 0.3) is 5.91 Å². The standard InChI is InChI=1S/C16H18N2O5/c19-14-9-23-13-5-2-1-4-12(13)18(14)7-3-6-17-15(20)10-8-11(10)16(21)22/h1-2,4-5,10-11H,3,6-9H2,(H,17,20)(H,21,22)/t10-,11+/m0/s1. The summed E-state index contributed by atoms with van der Waals surface area (Å²) in [5.41, 5.74) is 0.739. The lowest BCUT2D eigenvalue weighted by molar-refractivity contribution is -0.140. The first-order chi connectivity index (χ1) is 11.1. The predicted molar refractivity (Wildman–Crippen MR) is 81.1 cm³/mol. The maximum Gasteiger partial charge on any atom is 0.307 e. The second-order valence-corrected chi connectivity index (χ2v) is 5.73. The number of rotatable bonds is 6. The van der Waals surface area contributed by atoms with Gasteiger partial charge in [0.1, 0.15) is 5.75 Å².